The van der Waals surface area contributed by atoms with E-state index in [0.29, 0.717) is 0 Å². The summed E-state index contributed by atoms with van der Waals surface area (Å²) in [6, 6.07) is 68.8. The Morgan fingerprint density at radius 3 is 1.56 bits per heavy atom. The summed E-state index contributed by atoms with van der Waals surface area (Å²) in [6.45, 7) is 4.72. The molecule has 0 spiro atoms. The predicted octanol–water partition coefficient (Wildman–Crippen LogP) is 13.6. The van der Waals surface area contributed by atoms with Gasteiger partial charge in [0.1, 0.15) is 0 Å². The van der Waals surface area contributed by atoms with Crippen LogP contribution in [0.3, 0.4) is 0 Å². The Morgan fingerprint density at radius 2 is 0.880 bits per heavy atom. The molecule has 1 aliphatic rings. The number of nitrogens with zero attached hydrogens (tertiary/aromatic N) is 1. The summed E-state index contributed by atoms with van der Waals surface area (Å²) in [4.78, 5) is 2.47. The molecule has 0 aliphatic heterocycles. The van der Waals surface area contributed by atoms with E-state index in [-0.39, 0.29) is 5.41 Å². The van der Waals surface area contributed by atoms with Gasteiger partial charge in [0, 0.05) is 22.5 Å². The van der Waals surface area contributed by atoms with E-state index >= 15 is 0 Å². The molecule has 0 aromatic heterocycles. The molecule has 9 rings (SSSR count). The molecule has 0 amide bonds. The lowest BCUT2D eigenvalue weighted by Gasteiger charge is -2.30. The Morgan fingerprint density at radius 1 is 0.340 bits per heavy atom. The first-order chi connectivity index (χ1) is 24.5. The summed E-state index contributed by atoms with van der Waals surface area (Å²) in [7, 11) is 0. The molecule has 0 saturated carbocycles. The number of benzene rings is 8. The molecule has 0 atom stereocenters. The van der Waals surface area contributed by atoms with E-state index in [2.05, 4.69) is 207 Å². The van der Waals surface area contributed by atoms with Crippen LogP contribution in [0, 0.1) is 0 Å². The first kappa shape index (κ1) is 29.9. The van der Waals surface area contributed by atoms with Gasteiger partial charge in [0.05, 0.1) is 0 Å². The number of hydrogen-bond acceptors (Lipinski definition) is 1. The van der Waals surface area contributed by atoms with Gasteiger partial charge in [-0.05, 0) is 109 Å². The van der Waals surface area contributed by atoms with Crippen LogP contribution in [0.5, 0.6) is 0 Å². The largest absolute Gasteiger partial charge is 0.310 e. The molecule has 0 saturated heterocycles. The van der Waals surface area contributed by atoms with Crippen LogP contribution in [0.2, 0.25) is 0 Å². The molecule has 0 fully saturated rings. The van der Waals surface area contributed by atoms with Crippen molar-refractivity contribution >= 4 is 27.8 Å². The summed E-state index contributed by atoms with van der Waals surface area (Å²) < 4.78 is 0. The second-order valence-corrected chi connectivity index (χ2v) is 13.8. The molecule has 50 heavy (non-hydrogen) atoms. The minimum atomic E-state index is -0.118. The van der Waals surface area contributed by atoms with E-state index in [4.69, 9.17) is 0 Å². The SMILES string of the molecule is CC1(C)c2ccccc2-c2ccc(N(c3cc(-c4ccccc4)cc(-c4ccccc4)c3)c3cc(-c4ccccc4)c4ccccc4c3)cc21. The van der Waals surface area contributed by atoms with Crippen LogP contribution < -0.4 is 4.90 Å². The topological polar surface area (TPSA) is 3.24 Å². The number of anilines is 3. The van der Waals surface area contributed by atoms with Crippen molar-refractivity contribution < 1.29 is 0 Å². The van der Waals surface area contributed by atoms with Crippen molar-refractivity contribution in [3.63, 3.8) is 0 Å². The van der Waals surface area contributed by atoms with Crippen LogP contribution in [0.1, 0.15) is 25.0 Å². The summed E-state index contributed by atoms with van der Waals surface area (Å²) in [6.07, 6.45) is 0. The van der Waals surface area contributed by atoms with E-state index in [9.17, 15) is 0 Å². The quantitative estimate of drug-likeness (QED) is 0.175. The average molecular weight is 640 g/mol. The van der Waals surface area contributed by atoms with Crippen molar-refractivity contribution in [3.8, 4) is 44.5 Å². The molecule has 1 nitrogen and oxygen atoms in total. The Bertz CT molecular complexity index is 2440. The van der Waals surface area contributed by atoms with Gasteiger partial charge < -0.3 is 4.90 Å². The normalized spacial score (nSPS) is 12.8. The van der Waals surface area contributed by atoms with E-state index in [1.807, 2.05) is 0 Å². The van der Waals surface area contributed by atoms with Gasteiger partial charge in [-0.3, -0.25) is 0 Å². The molecule has 1 aliphatic carbocycles. The molecule has 0 radical (unpaired) electrons. The van der Waals surface area contributed by atoms with Crippen LogP contribution in [0.25, 0.3) is 55.3 Å². The zero-order valence-electron chi connectivity index (χ0n) is 28.3. The Kier molecular flexibility index (Phi) is 7.21. The van der Waals surface area contributed by atoms with Crippen molar-refractivity contribution in [3.05, 3.63) is 199 Å². The summed E-state index contributed by atoms with van der Waals surface area (Å²) >= 11 is 0. The van der Waals surface area contributed by atoms with Crippen molar-refractivity contribution in [1.29, 1.82) is 0 Å². The predicted molar refractivity (Wildman–Crippen MR) is 213 cm³/mol. The number of fused-ring (bicyclic) bond motifs is 4. The van der Waals surface area contributed by atoms with Gasteiger partial charge >= 0.3 is 0 Å². The molecule has 0 heterocycles. The highest BCUT2D eigenvalue weighted by Gasteiger charge is 2.35. The average Bonchev–Trinajstić information content (AvgIpc) is 3.41. The highest BCUT2D eigenvalue weighted by molar-refractivity contribution is 6.01. The molecule has 0 bridgehead atoms. The van der Waals surface area contributed by atoms with Gasteiger partial charge in [-0.2, -0.15) is 0 Å². The molecule has 8 aromatic rings. The van der Waals surface area contributed by atoms with Crippen LogP contribution >= 0.6 is 0 Å². The fourth-order valence-corrected chi connectivity index (χ4v) is 7.89. The zero-order chi connectivity index (χ0) is 33.7. The molecule has 238 valence electrons. The summed E-state index contributed by atoms with van der Waals surface area (Å²) in [5.41, 5.74) is 15.8. The third kappa shape index (κ3) is 5.11. The van der Waals surface area contributed by atoms with E-state index in [0.717, 1.165) is 17.1 Å². The van der Waals surface area contributed by atoms with Crippen molar-refractivity contribution in [1.82, 2.24) is 0 Å². The number of hydrogen-bond donors (Lipinski definition) is 0. The lowest BCUT2D eigenvalue weighted by molar-refractivity contribution is 0.660. The fraction of sp³-hybridized carbons (Fsp3) is 0.0612. The minimum absolute atomic E-state index is 0.118. The van der Waals surface area contributed by atoms with Crippen molar-refractivity contribution in [2.75, 3.05) is 4.90 Å². The molecular formula is C49H37N. The van der Waals surface area contributed by atoms with E-state index in [1.165, 1.54) is 66.4 Å². The second-order valence-electron chi connectivity index (χ2n) is 13.8. The molecule has 1 heteroatoms. The first-order valence-electron chi connectivity index (χ1n) is 17.4. The van der Waals surface area contributed by atoms with Gasteiger partial charge in [-0.1, -0.05) is 159 Å². The Labute approximate surface area is 294 Å². The fourth-order valence-electron chi connectivity index (χ4n) is 7.89. The van der Waals surface area contributed by atoms with Crippen LogP contribution in [0.15, 0.2) is 188 Å². The van der Waals surface area contributed by atoms with Gasteiger partial charge in [-0.15, -0.1) is 0 Å². The third-order valence-electron chi connectivity index (χ3n) is 10.4. The van der Waals surface area contributed by atoms with Gasteiger partial charge in [0.15, 0.2) is 0 Å². The molecular weight excluding hydrogens is 603 g/mol. The molecule has 8 aromatic carbocycles. The highest BCUT2D eigenvalue weighted by atomic mass is 15.1. The van der Waals surface area contributed by atoms with Crippen LogP contribution in [0.4, 0.5) is 17.1 Å². The highest BCUT2D eigenvalue weighted by Crippen LogP contribution is 2.51. The summed E-state index contributed by atoms with van der Waals surface area (Å²) in [5.74, 6) is 0. The maximum atomic E-state index is 2.47. The van der Waals surface area contributed by atoms with Crippen molar-refractivity contribution in [2.24, 2.45) is 0 Å². The maximum Gasteiger partial charge on any atom is 0.0474 e. The van der Waals surface area contributed by atoms with Gasteiger partial charge in [-0.25, -0.2) is 0 Å². The van der Waals surface area contributed by atoms with Crippen LogP contribution in [-0.2, 0) is 5.41 Å². The first-order valence-corrected chi connectivity index (χ1v) is 17.4. The third-order valence-corrected chi connectivity index (χ3v) is 10.4. The smallest absolute Gasteiger partial charge is 0.0474 e. The van der Waals surface area contributed by atoms with Crippen molar-refractivity contribution in [2.45, 2.75) is 19.3 Å². The van der Waals surface area contributed by atoms with E-state index in [1.54, 1.807) is 0 Å². The molecule has 0 unspecified atom stereocenters. The maximum absolute atomic E-state index is 2.47. The zero-order valence-corrected chi connectivity index (χ0v) is 28.3. The molecule has 0 N–H and O–H groups in total. The Balaban J connectivity index is 1.33. The van der Waals surface area contributed by atoms with Crippen LogP contribution in [-0.4, -0.2) is 0 Å². The lowest BCUT2D eigenvalue weighted by Crippen LogP contribution is -2.16. The Hall–Kier alpha value is -6.18. The minimum Gasteiger partial charge on any atom is -0.310 e. The van der Waals surface area contributed by atoms with E-state index < -0.39 is 0 Å². The monoisotopic (exact) mass is 639 g/mol. The summed E-state index contributed by atoms with van der Waals surface area (Å²) in [5, 5.41) is 2.46. The van der Waals surface area contributed by atoms with Gasteiger partial charge in [0.25, 0.3) is 0 Å². The number of rotatable bonds is 6. The lowest BCUT2D eigenvalue weighted by atomic mass is 9.82. The second kappa shape index (κ2) is 12.1. The standard InChI is InChI=1S/C49H37N/c1-49(2)47-25-15-14-24-44(47)45-27-26-40(33-48(45)49)50(42-29-37-22-12-13-23-43(37)46(32-42)36-20-10-5-11-21-36)41-30-38(34-16-6-3-7-17-34)28-39(31-41)35-18-8-4-9-19-35/h3-33H,1-2H3. The van der Waals surface area contributed by atoms with Gasteiger partial charge in [0.2, 0.25) is 0 Å².